The number of nitrogens with zero attached hydrogens (tertiary/aromatic N) is 3. The molecule has 10 heteroatoms. The molecule has 0 saturated carbocycles. The number of hydrogen-bond donors (Lipinski definition) is 2. The van der Waals surface area contributed by atoms with Gasteiger partial charge >= 0.3 is 0 Å². The molecule has 9 nitrogen and oxygen atoms in total. The van der Waals surface area contributed by atoms with Crippen LogP contribution in [0.4, 0.5) is 5.69 Å². The number of aromatic nitrogens is 3. The predicted molar refractivity (Wildman–Crippen MR) is 111 cm³/mol. The molecule has 0 fully saturated rings. The summed E-state index contributed by atoms with van der Waals surface area (Å²) in [7, 11) is 1.79. The number of nitrogens with one attached hydrogen (secondary N) is 2. The third kappa shape index (κ3) is 4.54. The van der Waals surface area contributed by atoms with Gasteiger partial charge in [-0.05, 0) is 30.3 Å². The normalized spacial score (nSPS) is 11.9. The number of fused-ring (bicyclic) bond motifs is 1. The smallest absolute Gasteiger partial charge is 0.251 e. The van der Waals surface area contributed by atoms with Crippen LogP contribution in [0.15, 0.2) is 53.7 Å². The van der Waals surface area contributed by atoms with Crippen LogP contribution in [0.1, 0.15) is 16.2 Å². The minimum absolute atomic E-state index is 0.133. The number of benzene rings is 2. The summed E-state index contributed by atoms with van der Waals surface area (Å²) in [4.78, 5) is 24.5. The van der Waals surface area contributed by atoms with Gasteiger partial charge in [0.25, 0.3) is 5.91 Å². The topological polar surface area (TPSA) is 107 Å². The zero-order valence-electron chi connectivity index (χ0n) is 16.1. The van der Waals surface area contributed by atoms with E-state index in [1.807, 2.05) is 30.3 Å². The summed E-state index contributed by atoms with van der Waals surface area (Å²) in [6, 6.07) is 14.3. The van der Waals surface area contributed by atoms with Crippen LogP contribution in [0, 0.1) is 0 Å². The Morgan fingerprint density at radius 2 is 1.90 bits per heavy atom. The summed E-state index contributed by atoms with van der Waals surface area (Å²) in [5.74, 6) is 1.56. The van der Waals surface area contributed by atoms with Crippen molar-refractivity contribution in [1.82, 2.24) is 20.1 Å². The SMILES string of the molecule is Cn1c(CNC(=O)c2ccc3c(c2)OCO3)nnc1SCC(=O)Nc1ccccc1. The van der Waals surface area contributed by atoms with E-state index >= 15 is 0 Å². The van der Waals surface area contributed by atoms with Crippen molar-refractivity contribution in [1.29, 1.82) is 0 Å². The minimum Gasteiger partial charge on any atom is -0.454 e. The summed E-state index contributed by atoms with van der Waals surface area (Å²) in [6.45, 7) is 0.358. The highest BCUT2D eigenvalue weighted by Gasteiger charge is 2.17. The molecule has 30 heavy (non-hydrogen) atoms. The lowest BCUT2D eigenvalue weighted by Gasteiger charge is -2.07. The van der Waals surface area contributed by atoms with Gasteiger partial charge in [0.2, 0.25) is 12.7 Å². The van der Waals surface area contributed by atoms with Gasteiger partial charge in [0.05, 0.1) is 12.3 Å². The maximum absolute atomic E-state index is 12.4. The van der Waals surface area contributed by atoms with Crippen LogP contribution in [0.5, 0.6) is 11.5 Å². The average Bonchev–Trinajstić information content (AvgIpc) is 3.37. The summed E-state index contributed by atoms with van der Waals surface area (Å²) in [5, 5.41) is 14.4. The number of carbonyl (C=O) groups is 2. The minimum atomic E-state index is -0.257. The molecule has 1 aromatic heterocycles. The zero-order chi connectivity index (χ0) is 20.9. The summed E-state index contributed by atoms with van der Waals surface area (Å²) in [6.07, 6.45) is 0. The van der Waals surface area contributed by atoms with Gasteiger partial charge in [-0.25, -0.2) is 0 Å². The average molecular weight is 425 g/mol. The molecular formula is C20H19N5O4S. The molecule has 154 valence electrons. The van der Waals surface area contributed by atoms with Gasteiger partial charge < -0.3 is 24.7 Å². The Hall–Kier alpha value is -3.53. The fourth-order valence-electron chi connectivity index (χ4n) is 2.77. The lowest BCUT2D eigenvalue weighted by atomic mass is 10.2. The highest BCUT2D eigenvalue weighted by Crippen LogP contribution is 2.32. The maximum Gasteiger partial charge on any atom is 0.251 e. The molecule has 2 N–H and O–H groups in total. The molecular weight excluding hydrogens is 406 g/mol. The first-order valence-corrected chi connectivity index (χ1v) is 10.1. The van der Waals surface area contributed by atoms with Crippen LogP contribution < -0.4 is 20.1 Å². The Bertz CT molecular complexity index is 1070. The molecule has 0 saturated heterocycles. The van der Waals surface area contributed by atoms with Gasteiger partial charge in [0.1, 0.15) is 0 Å². The van der Waals surface area contributed by atoms with E-state index < -0.39 is 0 Å². The van der Waals surface area contributed by atoms with Crippen LogP contribution in [-0.2, 0) is 18.4 Å². The molecule has 2 heterocycles. The van der Waals surface area contributed by atoms with Gasteiger partial charge in [-0.3, -0.25) is 9.59 Å². The molecule has 3 aromatic rings. The Balaban J connectivity index is 1.30. The molecule has 0 atom stereocenters. The van der Waals surface area contributed by atoms with Crippen LogP contribution in [-0.4, -0.2) is 39.1 Å². The van der Waals surface area contributed by atoms with Crippen molar-refractivity contribution >= 4 is 29.3 Å². The Labute approximate surface area is 176 Å². The van der Waals surface area contributed by atoms with Crippen molar-refractivity contribution < 1.29 is 19.1 Å². The first kappa shape index (κ1) is 19.8. The van der Waals surface area contributed by atoms with Crippen LogP contribution in [0.3, 0.4) is 0 Å². The number of para-hydroxylation sites is 1. The molecule has 0 unspecified atom stereocenters. The fraction of sp³-hybridized carbons (Fsp3) is 0.200. The van der Waals surface area contributed by atoms with E-state index in [1.165, 1.54) is 11.8 Å². The van der Waals surface area contributed by atoms with Crippen molar-refractivity contribution in [2.45, 2.75) is 11.7 Å². The van der Waals surface area contributed by atoms with E-state index in [2.05, 4.69) is 20.8 Å². The number of ether oxygens (including phenoxy) is 2. The van der Waals surface area contributed by atoms with E-state index in [-0.39, 0.29) is 30.9 Å². The van der Waals surface area contributed by atoms with Gasteiger partial charge in [-0.2, -0.15) is 0 Å². The number of anilines is 1. The molecule has 1 aliphatic heterocycles. The maximum atomic E-state index is 12.4. The molecule has 0 radical (unpaired) electrons. The molecule has 4 rings (SSSR count). The molecule has 2 aromatic carbocycles. The highest BCUT2D eigenvalue weighted by atomic mass is 32.2. The third-order valence-corrected chi connectivity index (χ3v) is 5.38. The molecule has 0 aliphatic carbocycles. The van der Waals surface area contributed by atoms with E-state index in [4.69, 9.17) is 9.47 Å². The standard InChI is InChI=1S/C20H19N5O4S/c1-25-17(10-21-19(27)13-7-8-15-16(9-13)29-12-28-15)23-24-20(25)30-11-18(26)22-14-5-3-2-4-6-14/h2-9H,10-12H2,1H3,(H,21,27)(H,22,26). The first-order chi connectivity index (χ1) is 14.6. The van der Waals surface area contributed by atoms with Crippen molar-refractivity contribution in [3.63, 3.8) is 0 Å². The number of carbonyl (C=O) groups excluding carboxylic acids is 2. The van der Waals surface area contributed by atoms with E-state index in [9.17, 15) is 9.59 Å². The van der Waals surface area contributed by atoms with Gasteiger partial charge in [0.15, 0.2) is 22.5 Å². The number of amides is 2. The lowest BCUT2D eigenvalue weighted by molar-refractivity contribution is -0.113. The Morgan fingerprint density at radius 3 is 2.73 bits per heavy atom. The molecule has 2 amide bonds. The van der Waals surface area contributed by atoms with E-state index in [1.54, 1.807) is 29.8 Å². The first-order valence-electron chi connectivity index (χ1n) is 9.14. The fourth-order valence-corrected chi connectivity index (χ4v) is 3.50. The highest BCUT2D eigenvalue weighted by molar-refractivity contribution is 7.99. The second-order valence-electron chi connectivity index (χ2n) is 6.41. The Kier molecular flexibility index (Phi) is 5.84. The summed E-state index contributed by atoms with van der Waals surface area (Å²) < 4.78 is 12.3. The monoisotopic (exact) mass is 425 g/mol. The summed E-state index contributed by atoms with van der Waals surface area (Å²) >= 11 is 1.27. The molecule has 0 bridgehead atoms. The predicted octanol–water partition coefficient (Wildman–Crippen LogP) is 2.20. The van der Waals surface area contributed by atoms with Crippen LogP contribution in [0.25, 0.3) is 0 Å². The van der Waals surface area contributed by atoms with Gasteiger partial charge in [-0.1, -0.05) is 30.0 Å². The van der Waals surface area contributed by atoms with Crippen LogP contribution >= 0.6 is 11.8 Å². The summed E-state index contributed by atoms with van der Waals surface area (Å²) in [5.41, 5.74) is 1.21. The van der Waals surface area contributed by atoms with Crippen molar-refractivity contribution in [3.05, 3.63) is 59.9 Å². The second kappa shape index (κ2) is 8.87. The molecule has 0 spiro atoms. The largest absolute Gasteiger partial charge is 0.454 e. The van der Waals surface area contributed by atoms with Crippen LogP contribution in [0.2, 0.25) is 0 Å². The zero-order valence-corrected chi connectivity index (χ0v) is 16.9. The van der Waals surface area contributed by atoms with Crippen molar-refractivity contribution in [3.8, 4) is 11.5 Å². The Morgan fingerprint density at radius 1 is 1.10 bits per heavy atom. The second-order valence-corrected chi connectivity index (χ2v) is 7.35. The lowest BCUT2D eigenvalue weighted by Crippen LogP contribution is -2.24. The van der Waals surface area contributed by atoms with Crippen molar-refractivity contribution in [2.24, 2.45) is 7.05 Å². The number of thioether (sulfide) groups is 1. The van der Waals surface area contributed by atoms with Gasteiger partial charge in [0, 0.05) is 18.3 Å². The number of rotatable bonds is 7. The van der Waals surface area contributed by atoms with E-state index in [0.29, 0.717) is 28.0 Å². The van der Waals surface area contributed by atoms with E-state index in [0.717, 1.165) is 5.69 Å². The van der Waals surface area contributed by atoms with Crippen molar-refractivity contribution in [2.75, 3.05) is 17.9 Å². The third-order valence-electron chi connectivity index (χ3n) is 4.36. The quantitative estimate of drug-likeness (QED) is 0.559. The molecule has 1 aliphatic rings. The number of hydrogen-bond acceptors (Lipinski definition) is 7. The van der Waals surface area contributed by atoms with Gasteiger partial charge in [-0.15, -0.1) is 10.2 Å².